The Morgan fingerprint density at radius 1 is 1.22 bits per heavy atom. The molecule has 4 rings (SSSR count). The van der Waals surface area contributed by atoms with Crippen molar-refractivity contribution in [2.75, 3.05) is 16.8 Å². The molecule has 0 bridgehead atoms. The maximum absolute atomic E-state index is 12.4. The number of rotatable bonds is 3. The van der Waals surface area contributed by atoms with Gasteiger partial charge in [0, 0.05) is 12.6 Å². The van der Waals surface area contributed by atoms with Crippen LogP contribution >= 0.6 is 11.3 Å². The van der Waals surface area contributed by atoms with E-state index < -0.39 is 10.0 Å². The maximum Gasteiger partial charge on any atom is 0.250 e. The Bertz CT molecular complexity index is 849. The van der Waals surface area contributed by atoms with Crippen molar-refractivity contribution in [3.05, 3.63) is 41.8 Å². The molecular formula is C15H15N3O3S2. The van der Waals surface area contributed by atoms with Crippen molar-refractivity contribution in [3.8, 4) is 0 Å². The van der Waals surface area contributed by atoms with Gasteiger partial charge < -0.3 is 10.2 Å². The summed E-state index contributed by atoms with van der Waals surface area (Å²) in [5.41, 5.74) is 1.71. The molecule has 1 amide bonds. The largest absolute Gasteiger partial charge is 0.356 e. The number of amides is 1. The zero-order chi connectivity index (χ0) is 16.0. The Hall–Kier alpha value is -1.90. The lowest BCUT2D eigenvalue weighted by Gasteiger charge is -2.32. The van der Waals surface area contributed by atoms with Gasteiger partial charge in [-0.2, -0.15) is 0 Å². The minimum atomic E-state index is -3.53. The first-order valence-corrected chi connectivity index (χ1v) is 9.63. The third-order valence-electron chi connectivity index (χ3n) is 4.16. The molecule has 2 atom stereocenters. The molecule has 23 heavy (non-hydrogen) atoms. The molecule has 0 saturated carbocycles. The zero-order valence-corrected chi connectivity index (χ0v) is 13.7. The summed E-state index contributed by atoms with van der Waals surface area (Å²) in [5, 5.41) is 4.62. The third kappa shape index (κ3) is 2.52. The third-order valence-corrected chi connectivity index (χ3v) is 7.07. The van der Waals surface area contributed by atoms with Gasteiger partial charge in [-0.3, -0.25) is 4.79 Å². The Morgan fingerprint density at radius 2 is 2.04 bits per heavy atom. The number of nitrogens with one attached hydrogen (secondary N) is 2. The average Bonchev–Trinajstić information content (AvgIpc) is 3.16. The predicted octanol–water partition coefficient (Wildman–Crippen LogP) is 1.63. The highest BCUT2D eigenvalue weighted by molar-refractivity contribution is 7.91. The standard InChI is InChI=1S/C15H15N3O3S2/c19-15-13-8-10(17-23(20,21)14-6-3-7-22-14)9-18(13)12-5-2-1-4-11(12)16-15/h1-7,10,13,17H,8-9H2,(H,16,19). The van der Waals surface area contributed by atoms with E-state index in [0.29, 0.717) is 17.2 Å². The van der Waals surface area contributed by atoms with Crippen molar-refractivity contribution in [3.63, 3.8) is 0 Å². The van der Waals surface area contributed by atoms with Crippen molar-refractivity contribution in [2.24, 2.45) is 0 Å². The van der Waals surface area contributed by atoms with Gasteiger partial charge in [0.2, 0.25) is 15.9 Å². The molecular weight excluding hydrogens is 334 g/mol. The summed E-state index contributed by atoms with van der Waals surface area (Å²) >= 11 is 1.18. The lowest BCUT2D eigenvalue weighted by Crippen LogP contribution is -2.43. The minimum Gasteiger partial charge on any atom is -0.356 e. The highest BCUT2D eigenvalue weighted by Crippen LogP contribution is 2.36. The summed E-state index contributed by atoms with van der Waals surface area (Å²) < 4.78 is 27.7. The smallest absolute Gasteiger partial charge is 0.250 e. The van der Waals surface area contributed by atoms with E-state index in [1.54, 1.807) is 17.5 Å². The summed E-state index contributed by atoms with van der Waals surface area (Å²) in [6.45, 7) is 0.486. The topological polar surface area (TPSA) is 78.5 Å². The molecule has 0 aliphatic carbocycles. The van der Waals surface area contributed by atoms with Crippen LogP contribution in [-0.4, -0.2) is 33.0 Å². The molecule has 1 aromatic carbocycles. The SMILES string of the molecule is O=C1Nc2ccccc2N2CC(NS(=O)(=O)c3cccs3)CC12. The maximum atomic E-state index is 12.4. The van der Waals surface area contributed by atoms with E-state index in [-0.39, 0.29) is 18.0 Å². The lowest BCUT2D eigenvalue weighted by molar-refractivity contribution is -0.117. The van der Waals surface area contributed by atoms with E-state index in [1.165, 1.54) is 11.3 Å². The summed E-state index contributed by atoms with van der Waals surface area (Å²) in [5.74, 6) is -0.0819. The second kappa shape index (κ2) is 5.33. The first kappa shape index (κ1) is 14.7. The highest BCUT2D eigenvalue weighted by atomic mass is 32.2. The fourth-order valence-electron chi connectivity index (χ4n) is 3.18. The van der Waals surface area contributed by atoms with Crippen molar-refractivity contribution in [2.45, 2.75) is 22.7 Å². The van der Waals surface area contributed by atoms with E-state index in [0.717, 1.165) is 11.4 Å². The van der Waals surface area contributed by atoms with E-state index in [1.807, 2.05) is 29.2 Å². The Balaban J connectivity index is 1.59. The van der Waals surface area contributed by atoms with Crippen molar-refractivity contribution >= 4 is 38.6 Å². The number of benzene rings is 1. The van der Waals surface area contributed by atoms with Gasteiger partial charge in [-0.15, -0.1) is 11.3 Å². The molecule has 2 N–H and O–H groups in total. The second-order valence-electron chi connectivity index (χ2n) is 5.66. The van der Waals surface area contributed by atoms with Gasteiger partial charge in [-0.05, 0) is 30.0 Å². The number of carbonyl (C=O) groups excluding carboxylic acids is 1. The van der Waals surface area contributed by atoms with Crippen molar-refractivity contribution in [1.82, 2.24) is 4.72 Å². The van der Waals surface area contributed by atoms with Crippen LogP contribution in [0.5, 0.6) is 0 Å². The Kier molecular flexibility index (Phi) is 3.40. The molecule has 2 aliphatic heterocycles. The van der Waals surface area contributed by atoms with Crippen LogP contribution in [0.4, 0.5) is 11.4 Å². The summed E-state index contributed by atoms with van der Waals surface area (Å²) in [4.78, 5) is 14.2. The van der Waals surface area contributed by atoms with Gasteiger partial charge >= 0.3 is 0 Å². The van der Waals surface area contributed by atoms with Crippen LogP contribution in [0.2, 0.25) is 0 Å². The molecule has 1 fully saturated rings. The van der Waals surface area contributed by atoms with Gasteiger partial charge in [0.1, 0.15) is 10.3 Å². The van der Waals surface area contributed by atoms with Crippen LogP contribution < -0.4 is 14.9 Å². The van der Waals surface area contributed by atoms with Crippen LogP contribution in [0.1, 0.15) is 6.42 Å². The van der Waals surface area contributed by atoms with E-state index >= 15 is 0 Å². The number of hydrogen-bond donors (Lipinski definition) is 2. The number of nitrogens with zero attached hydrogens (tertiary/aromatic N) is 1. The van der Waals surface area contributed by atoms with Gasteiger partial charge in [0.05, 0.1) is 11.4 Å². The van der Waals surface area contributed by atoms with E-state index in [4.69, 9.17) is 0 Å². The minimum absolute atomic E-state index is 0.0819. The van der Waals surface area contributed by atoms with Crippen molar-refractivity contribution < 1.29 is 13.2 Å². The molecule has 2 aliphatic rings. The van der Waals surface area contributed by atoms with Gasteiger partial charge in [0.25, 0.3) is 0 Å². The molecule has 120 valence electrons. The Morgan fingerprint density at radius 3 is 2.83 bits per heavy atom. The molecule has 2 unspecified atom stereocenters. The zero-order valence-electron chi connectivity index (χ0n) is 12.1. The first-order valence-electron chi connectivity index (χ1n) is 7.27. The predicted molar refractivity (Wildman–Crippen MR) is 89.3 cm³/mol. The van der Waals surface area contributed by atoms with Crippen LogP contribution in [0.25, 0.3) is 0 Å². The molecule has 3 heterocycles. The lowest BCUT2D eigenvalue weighted by atomic mass is 10.1. The number of hydrogen-bond acceptors (Lipinski definition) is 5. The van der Waals surface area contributed by atoms with Crippen LogP contribution in [0, 0.1) is 0 Å². The molecule has 0 radical (unpaired) electrons. The number of thiophene rings is 1. The van der Waals surface area contributed by atoms with Crippen LogP contribution in [0.3, 0.4) is 0 Å². The Labute approximate surface area is 138 Å². The van der Waals surface area contributed by atoms with E-state index in [9.17, 15) is 13.2 Å². The number of anilines is 2. The van der Waals surface area contributed by atoms with Crippen LogP contribution in [0.15, 0.2) is 46.0 Å². The average molecular weight is 349 g/mol. The summed E-state index contributed by atoms with van der Waals surface area (Å²) in [6.07, 6.45) is 0.463. The number of carbonyl (C=O) groups is 1. The quantitative estimate of drug-likeness (QED) is 0.883. The van der Waals surface area contributed by atoms with E-state index in [2.05, 4.69) is 10.0 Å². The first-order chi connectivity index (χ1) is 11.0. The summed E-state index contributed by atoms with van der Waals surface area (Å²) in [6, 6.07) is 10.2. The second-order valence-corrected chi connectivity index (χ2v) is 8.55. The summed E-state index contributed by atoms with van der Waals surface area (Å²) in [7, 11) is -3.53. The molecule has 8 heteroatoms. The number of sulfonamides is 1. The molecule has 0 spiro atoms. The van der Waals surface area contributed by atoms with Crippen LogP contribution in [-0.2, 0) is 14.8 Å². The van der Waals surface area contributed by atoms with Gasteiger partial charge in [-0.25, -0.2) is 13.1 Å². The monoisotopic (exact) mass is 349 g/mol. The number of fused-ring (bicyclic) bond motifs is 3. The normalized spacial score (nSPS) is 23.3. The highest BCUT2D eigenvalue weighted by Gasteiger charge is 2.42. The molecule has 1 saturated heterocycles. The molecule has 6 nitrogen and oxygen atoms in total. The fraction of sp³-hybridized carbons (Fsp3) is 0.267. The van der Waals surface area contributed by atoms with Gasteiger partial charge in [-0.1, -0.05) is 18.2 Å². The molecule has 2 aromatic rings. The van der Waals surface area contributed by atoms with Crippen molar-refractivity contribution in [1.29, 1.82) is 0 Å². The van der Waals surface area contributed by atoms with Gasteiger partial charge in [0.15, 0.2) is 0 Å². The number of para-hydroxylation sites is 2. The fourth-order valence-corrected chi connectivity index (χ4v) is 5.43. The molecule has 1 aromatic heterocycles.